The molecule has 0 aromatic carbocycles. The summed E-state index contributed by atoms with van der Waals surface area (Å²) in [5.41, 5.74) is 3.44. The maximum absolute atomic E-state index is 12.1. The first kappa shape index (κ1) is 15.1. The highest BCUT2D eigenvalue weighted by Crippen LogP contribution is 2.23. The Morgan fingerprint density at radius 1 is 1.40 bits per heavy atom. The van der Waals surface area contributed by atoms with Gasteiger partial charge in [-0.05, 0) is 44.6 Å². The van der Waals surface area contributed by atoms with Crippen LogP contribution < -0.4 is 5.32 Å². The minimum absolute atomic E-state index is 0.187. The van der Waals surface area contributed by atoms with Gasteiger partial charge in [-0.1, -0.05) is 19.8 Å². The van der Waals surface area contributed by atoms with E-state index in [9.17, 15) is 4.79 Å². The molecule has 1 aromatic rings. The maximum atomic E-state index is 12.1. The van der Waals surface area contributed by atoms with Crippen molar-refractivity contribution in [2.75, 3.05) is 0 Å². The third kappa shape index (κ3) is 3.62. The Bertz CT molecular complexity index is 478. The molecular formula is C16H27N3O. The first-order valence-electron chi connectivity index (χ1n) is 7.75. The van der Waals surface area contributed by atoms with E-state index in [4.69, 9.17) is 0 Å². The zero-order chi connectivity index (χ0) is 14.7. The lowest BCUT2D eigenvalue weighted by Crippen LogP contribution is -2.38. The lowest BCUT2D eigenvalue weighted by Gasteiger charge is -2.27. The molecule has 4 nitrogen and oxygen atoms in total. The third-order valence-corrected chi connectivity index (χ3v) is 4.56. The monoisotopic (exact) mass is 277 g/mol. The van der Waals surface area contributed by atoms with E-state index in [0.29, 0.717) is 12.5 Å². The Hall–Kier alpha value is -1.32. The van der Waals surface area contributed by atoms with Crippen LogP contribution in [0.3, 0.4) is 0 Å². The largest absolute Gasteiger partial charge is 0.353 e. The van der Waals surface area contributed by atoms with Gasteiger partial charge in [0.05, 0.1) is 5.69 Å². The molecule has 4 heteroatoms. The molecule has 1 saturated carbocycles. The van der Waals surface area contributed by atoms with Crippen LogP contribution in [-0.2, 0) is 18.3 Å². The van der Waals surface area contributed by atoms with Gasteiger partial charge in [0, 0.05) is 25.2 Å². The summed E-state index contributed by atoms with van der Waals surface area (Å²) in [5, 5.41) is 7.60. The molecule has 1 aromatic heterocycles. The highest BCUT2D eigenvalue weighted by atomic mass is 16.1. The van der Waals surface area contributed by atoms with Crippen LogP contribution in [0.5, 0.6) is 0 Å². The van der Waals surface area contributed by atoms with Gasteiger partial charge >= 0.3 is 0 Å². The van der Waals surface area contributed by atoms with Gasteiger partial charge < -0.3 is 5.32 Å². The van der Waals surface area contributed by atoms with Crippen molar-refractivity contribution < 1.29 is 4.79 Å². The Kier molecular flexibility index (Phi) is 4.84. The summed E-state index contributed by atoms with van der Waals surface area (Å²) in [7, 11) is 1.95. The summed E-state index contributed by atoms with van der Waals surface area (Å²) >= 11 is 0. The van der Waals surface area contributed by atoms with Gasteiger partial charge in [0.15, 0.2) is 0 Å². The van der Waals surface area contributed by atoms with Crippen molar-refractivity contribution in [3.63, 3.8) is 0 Å². The van der Waals surface area contributed by atoms with Crippen LogP contribution in [0, 0.1) is 19.8 Å². The Morgan fingerprint density at radius 2 is 2.15 bits per heavy atom. The summed E-state index contributed by atoms with van der Waals surface area (Å²) < 4.78 is 1.89. The molecule has 2 rings (SSSR count). The molecule has 0 spiro atoms. The standard InChI is InChI=1S/C16H27N3O/c1-11-6-5-7-14(10-11)17-16(20)9-8-15-12(2)18-19(4)13(15)3/h11,14H,5-10H2,1-4H3,(H,17,20). The van der Waals surface area contributed by atoms with E-state index >= 15 is 0 Å². The molecule has 0 radical (unpaired) electrons. The predicted molar refractivity (Wildman–Crippen MR) is 80.6 cm³/mol. The van der Waals surface area contributed by atoms with Crippen LogP contribution in [-0.4, -0.2) is 21.7 Å². The van der Waals surface area contributed by atoms with Crippen molar-refractivity contribution >= 4 is 5.91 Å². The van der Waals surface area contributed by atoms with Gasteiger partial charge in [-0.3, -0.25) is 9.48 Å². The quantitative estimate of drug-likeness (QED) is 0.919. The Balaban J connectivity index is 1.83. The molecule has 1 N–H and O–H groups in total. The molecule has 1 aliphatic carbocycles. The summed E-state index contributed by atoms with van der Waals surface area (Å²) in [6.07, 6.45) is 6.18. The van der Waals surface area contributed by atoms with E-state index in [1.54, 1.807) is 0 Å². The molecule has 2 unspecified atom stereocenters. The Labute approximate surface area is 121 Å². The minimum Gasteiger partial charge on any atom is -0.353 e. The van der Waals surface area contributed by atoms with Crippen LogP contribution in [0.2, 0.25) is 0 Å². The highest BCUT2D eigenvalue weighted by molar-refractivity contribution is 5.76. The first-order chi connectivity index (χ1) is 9.47. The average Bonchev–Trinajstić information content (AvgIpc) is 2.61. The van der Waals surface area contributed by atoms with Gasteiger partial charge in [0.1, 0.15) is 0 Å². The van der Waals surface area contributed by atoms with Crippen LogP contribution in [0.25, 0.3) is 0 Å². The molecule has 1 fully saturated rings. The van der Waals surface area contributed by atoms with Gasteiger partial charge in [-0.25, -0.2) is 0 Å². The maximum Gasteiger partial charge on any atom is 0.220 e. The minimum atomic E-state index is 0.187. The van der Waals surface area contributed by atoms with Crippen LogP contribution >= 0.6 is 0 Å². The summed E-state index contributed by atoms with van der Waals surface area (Å²) in [6.45, 7) is 6.36. The summed E-state index contributed by atoms with van der Waals surface area (Å²) in [5.74, 6) is 0.934. The smallest absolute Gasteiger partial charge is 0.220 e. The third-order valence-electron chi connectivity index (χ3n) is 4.56. The number of aromatic nitrogens is 2. The van der Waals surface area contributed by atoms with E-state index in [1.165, 1.54) is 24.1 Å². The lowest BCUT2D eigenvalue weighted by molar-refractivity contribution is -0.122. The van der Waals surface area contributed by atoms with Gasteiger partial charge in [0.2, 0.25) is 5.91 Å². The van der Waals surface area contributed by atoms with Crippen LogP contribution in [0.4, 0.5) is 0 Å². The highest BCUT2D eigenvalue weighted by Gasteiger charge is 2.20. The van der Waals surface area contributed by atoms with Crippen LogP contribution in [0.1, 0.15) is 56.0 Å². The molecule has 2 atom stereocenters. The lowest BCUT2D eigenvalue weighted by atomic mass is 9.87. The van der Waals surface area contributed by atoms with E-state index in [1.807, 2.05) is 18.7 Å². The number of carbonyl (C=O) groups excluding carboxylic acids is 1. The fraction of sp³-hybridized carbons (Fsp3) is 0.750. The molecule has 0 bridgehead atoms. The molecule has 1 amide bonds. The molecule has 0 aliphatic heterocycles. The molecule has 1 heterocycles. The molecule has 112 valence electrons. The summed E-state index contributed by atoms with van der Waals surface area (Å²) in [4.78, 5) is 12.1. The number of hydrogen-bond acceptors (Lipinski definition) is 2. The van der Waals surface area contributed by atoms with Crippen molar-refractivity contribution in [3.05, 3.63) is 17.0 Å². The average molecular weight is 277 g/mol. The van der Waals surface area contributed by atoms with E-state index in [2.05, 4.69) is 24.3 Å². The topological polar surface area (TPSA) is 46.9 Å². The SMILES string of the molecule is Cc1nn(C)c(C)c1CCC(=O)NC1CCCC(C)C1. The zero-order valence-electron chi connectivity index (χ0n) is 13.2. The first-order valence-corrected chi connectivity index (χ1v) is 7.75. The fourth-order valence-corrected chi connectivity index (χ4v) is 3.28. The summed E-state index contributed by atoms with van der Waals surface area (Å²) in [6, 6.07) is 0.391. The van der Waals surface area contributed by atoms with Crippen molar-refractivity contribution in [2.24, 2.45) is 13.0 Å². The van der Waals surface area contributed by atoms with Gasteiger partial charge in [0.25, 0.3) is 0 Å². The molecule has 20 heavy (non-hydrogen) atoms. The number of rotatable bonds is 4. The number of amides is 1. The van der Waals surface area contributed by atoms with Crippen molar-refractivity contribution in [3.8, 4) is 0 Å². The van der Waals surface area contributed by atoms with Crippen molar-refractivity contribution in [2.45, 2.75) is 65.3 Å². The number of aryl methyl sites for hydroxylation is 2. The number of carbonyl (C=O) groups is 1. The number of nitrogens with one attached hydrogen (secondary N) is 1. The molecular weight excluding hydrogens is 250 g/mol. The Morgan fingerprint density at radius 3 is 2.75 bits per heavy atom. The molecule has 1 aliphatic rings. The van der Waals surface area contributed by atoms with E-state index < -0.39 is 0 Å². The second-order valence-electron chi connectivity index (χ2n) is 6.31. The van der Waals surface area contributed by atoms with Gasteiger partial charge in [-0.2, -0.15) is 5.10 Å². The van der Waals surface area contributed by atoms with Crippen LogP contribution in [0.15, 0.2) is 0 Å². The molecule has 0 saturated heterocycles. The second kappa shape index (κ2) is 6.42. The fourth-order valence-electron chi connectivity index (χ4n) is 3.28. The second-order valence-corrected chi connectivity index (χ2v) is 6.31. The zero-order valence-corrected chi connectivity index (χ0v) is 13.2. The number of hydrogen-bond donors (Lipinski definition) is 1. The van der Waals surface area contributed by atoms with Crippen molar-refractivity contribution in [1.29, 1.82) is 0 Å². The van der Waals surface area contributed by atoms with E-state index in [-0.39, 0.29) is 5.91 Å². The van der Waals surface area contributed by atoms with Gasteiger partial charge in [-0.15, -0.1) is 0 Å². The van der Waals surface area contributed by atoms with Crippen molar-refractivity contribution in [1.82, 2.24) is 15.1 Å². The number of nitrogens with zero attached hydrogens (tertiary/aromatic N) is 2. The predicted octanol–water partition coefficient (Wildman–Crippen LogP) is 2.66. The van der Waals surface area contributed by atoms with E-state index in [0.717, 1.165) is 30.9 Å². The normalized spacial score (nSPS) is 22.8.